The number of benzene rings is 1. The van der Waals surface area contributed by atoms with Gasteiger partial charge in [-0.15, -0.1) is 0 Å². The number of pyridine rings is 1. The van der Waals surface area contributed by atoms with Gasteiger partial charge in [-0.1, -0.05) is 6.07 Å². The van der Waals surface area contributed by atoms with E-state index >= 15 is 0 Å². The van der Waals surface area contributed by atoms with Crippen molar-refractivity contribution < 1.29 is 14.8 Å². The van der Waals surface area contributed by atoms with Gasteiger partial charge in [0.1, 0.15) is 5.69 Å². The molecule has 3 aromatic heterocycles. The molecule has 0 amide bonds. The summed E-state index contributed by atoms with van der Waals surface area (Å²) in [6, 6.07) is 7.61. The Morgan fingerprint density at radius 1 is 1.27 bits per heavy atom. The Balaban J connectivity index is 1.78. The molecule has 0 aliphatic heterocycles. The number of hydrogen-bond acceptors (Lipinski definition) is 8. The molecule has 0 bridgehead atoms. The van der Waals surface area contributed by atoms with Crippen molar-refractivity contribution in [2.75, 3.05) is 5.73 Å². The van der Waals surface area contributed by atoms with Gasteiger partial charge in [0, 0.05) is 17.8 Å². The zero-order valence-corrected chi connectivity index (χ0v) is 15.7. The Labute approximate surface area is 169 Å². The first kappa shape index (κ1) is 18.9. The first-order valence-electron chi connectivity index (χ1n) is 8.76. The van der Waals surface area contributed by atoms with E-state index in [1.807, 2.05) is 0 Å². The third-order valence-corrected chi connectivity index (χ3v) is 4.55. The van der Waals surface area contributed by atoms with Crippen molar-refractivity contribution in [2.45, 2.75) is 13.5 Å². The van der Waals surface area contributed by atoms with Crippen molar-refractivity contribution in [3.8, 4) is 11.4 Å². The molecule has 0 aliphatic rings. The number of carboxylic acid groups (broad SMARTS) is 1. The number of carbonyl (C=O) groups is 1. The molecule has 150 valence electrons. The number of nitrogen functional groups attached to an aromatic ring is 1. The molecule has 0 unspecified atom stereocenters. The second kappa shape index (κ2) is 7.20. The van der Waals surface area contributed by atoms with Crippen molar-refractivity contribution in [2.24, 2.45) is 0 Å². The fourth-order valence-electron chi connectivity index (χ4n) is 3.17. The van der Waals surface area contributed by atoms with E-state index in [0.717, 1.165) is 5.56 Å². The first-order valence-corrected chi connectivity index (χ1v) is 8.76. The number of aryl methyl sites for hydroxylation is 1. The molecule has 0 atom stereocenters. The largest absolute Gasteiger partial charge is 0.478 e. The lowest BCUT2D eigenvalue weighted by molar-refractivity contribution is -0.385. The summed E-state index contributed by atoms with van der Waals surface area (Å²) in [6.07, 6.45) is 2.93. The lowest BCUT2D eigenvalue weighted by Gasteiger charge is -2.07. The Morgan fingerprint density at radius 2 is 2.07 bits per heavy atom. The van der Waals surface area contributed by atoms with Gasteiger partial charge in [-0.3, -0.25) is 15.1 Å². The fourth-order valence-corrected chi connectivity index (χ4v) is 3.17. The van der Waals surface area contributed by atoms with Crippen LogP contribution in [0.15, 0.2) is 42.7 Å². The molecule has 0 saturated carbocycles. The standard InChI is InChI=1S/C19H15N7O4/c1-10-6-11(2-3-15(10)26(29)30)9-25-17-13(8-22-25)16(23-19(20)24-17)14-7-12(18(27)28)4-5-21-14/h2-8H,9H2,1H3,(H,27,28)(H2,20,23,24). The summed E-state index contributed by atoms with van der Waals surface area (Å²) in [7, 11) is 0. The van der Waals surface area contributed by atoms with Crippen LogP contribution in [0.2, 0.25) is 0 Å². The van der Waals surface area contributed by atoms with Gasteiger partial charge in [0.25, 0.3) is 5.69 Å². The maximum atomic E-state index is 11.3. The van der Waals surface area contributed by atoms with Crippen LogP contribution in [0.4, 0.5) is 11.6 Å². The maximum absolute atomic E-state index is 11.3. The van der Waals surface area contributed by atoms with Crippen LogP contribution in [0, 0.1) is 17.0 Å². The Hall–Kier alpha value is -4.41. The number of nitrogens with zero attached hydrogens (tertiary/aromatic N) is 6. The number of nitro benzene ring substituents is 1. The molecule has 0 spiro atoms. The van der Waals surface area contributed by atoms with E-state index in [4.69, 9.17) is 5.73 Å². The zero-order valence-electron chi connectivity index (χ0n) is 15.7. The SMILES string of the molecule is Cc1cc(Cn2ncc3c(-c4cc(C(=O)O)ccn4)nc(N)nc32)ccc1[N+](=O)[O-]. The van der Waals surface area contributed by atoms with Gasteiger partial charge in [-0.2, -0.15) is 10.1 Å². The molecule has 0 saturated heterocycles. The average molecular weight is 405 g/mol. The predicted octanol–water partition coefficient (Wildman–Crippen LogP) is 2.43. The van der Waals surface area contributed by atoms with Crippen molar-refractivity contribution in [3.05, 3.63) is 69.5 Å². The summed E-state index contributed by atoms with van der Waals surface area (Å²) in [4.78, 5) is 34.5. The lowest BCUT2D eigenvalue weighted by Crippen LogP contribution is -2.06. The highest BCUT2D eigenvalue weighted by atomic mass is 16.6. The van der Waals surface area contributed by atoms with Crippen molar-refractivity contribution in [1.82, 2.24) is 24.7 Å². The van der Waals surface area contributed by atoms with E-state index in [1.54, 1.807) is 29.9 Å². The van der Waals surface area contributed by atoms with E-state index in [1.165, 1.54) is 24.4 Å². The van der Waals surface area contributed by atoms with E-state index in [9.17, 15) is 20.0 Å². The minimum atomic E-state index is -1.08. The molecule has 11 heteroatoms. The number of anilines is 1. The highest BCUT2D eigenvalue weighted by Gasteiger charge is 2.17. The summed E-state index contributed by atoms with van der Waals surface area (Å²) in [5, 5.41) is 25.1. The van der Waals surface area contributed by atoms with Gasteiger partial charge in [0.05, 0.1) is 34.3 Å². The number of aromatic carboxylic acids is 1. The smallest absolute Gasteiger partial charge is 0.335 e. The van der Waals surface area contributed by atoms with Gasteiger partial charge < -0.3 is 10.8 Å². The van der Waals surface area contributed by atoms with Gasteiger partial charge in [0.15, 0.2) is 5.65 Å². The molecular weight excluding hydrogens is 390 g/mol. The van der Waals surface area contributed by atoms with E-state index in [0.29, 0.717) is 34.5 Å². The minimum Gasteiger partial charge on any atom is -0.478 e. The van der Waals surface area contributed by atoms with Crippen LogP contribution < -0.4 is 5.73 Å². The molecule has 4 rings (SSSR count). The Kier molecular flexibility index (Phi) is 4.54. The Bertz CT molecular complexity index is 1320. The molecule has 1 aromatic carbocycles. The summed E-state index contributed by atoms with van der Waals surface area (Å²) in [5.74, 6) is -1.09. The fraction of sp³-hybridized carbons (Fsp3) is 0.105. The number of hydrogen-bond donors (Lipinski definition) is 2. The number of nitrogens with two attached hydrogens (primary N) is 1. The van der Waals surface area contributed by atoms with E-state index in [2.05, 4.69) is 20.1 Å². The van der Waals surface area contributed by atoms with Crippen LogP contribution in [0.25, 0.3) is 22.4 Å². The first-order chi connectivity index (χ1) is 14.3. The summed E-state index contributed by atoms with van der Waals surface area (Å²) in [5.41, 5.74) is 8.47. The molecule has 0 fully saturated rings. The number of nitro groups is 1. The maximum Gasteiger partial charge on any atom is 0.335 e. The van der Waals surface area contributed by atoms with Gasteiger partial charge >= 0.3 is 5.97 Å². The van der Waals surface area contributed by atoms with Crippen LogP contribution in [0.5, 0.6) is 0 Å². The van der Waals surface area contributed by atoms with Crippen molar-refractivity contribution in [1.29, 1.82) is 0 Å². The van der Waals surface area contributed by atoms with Crippen LogP contribution in [-0.2, 0) is 6.54 Å². The molecule has 4 aromatic rings. The molecule has 0 radical (unpaired) electrons. The molecule has 3 N–H and O–H groups in total. The Morgan fingerprint density at radius 3 is 2.77 bits per heavy atom. The lowest BCUT2D eigenvalue weighted by atomic mass is 10.1. The highest BCUT2D eigenvalue weighted by molar-refractivity contribution is 5.93. The van der Waals surface area contributed by atoms with Gasteiger partial charge in [-0.05, 0) is 30.7 Å². The molecule has 30 heavy (non-hydrogen) atoms. The van der Waals surface area contributed by atoms with Crippen LogP contribution >= 0.6 is 0 Å². The highest BCUT2D eigenvalue weighted by Crippen LogP contribution is 2.27. The second-order valence-corrected chi connectivity index (χ2v) is 6.58. The van der Waals surface area contributed by atoms with Crippen LogP contribution in [0.1, 0.15) is 21.5 Å². The second-order valence-electron chi connectivity index (χ2n) is 6.58. The number of rotatable bonds is 5. The van der Waals surface area contributed by atoms with Crippen LogP contribution in [-0.4, -0.2) is 40.7 Å². The predicted molar refractivity (Wildman–Crippen MR) is 107 cm³/mol. The van der Waals surface area contributed by atoms with E-state index < -0.39 is 10.9 Å². The van der Waals surface area contributed by atoms with Crippen LogP contribution in [0.3, 0.4) is 0 Å². The van der Waals surface area contributed by atoms with Gasteiger partial charge in [-0.25, -0.2) is 14.5 Å². The average Bonchev–Trinajstić information content (AvgIpc) is 3.09. The third kappa shape index (κ3) is 3.39. The quantitative estimate of drug-likeness (QED) is 0.375. The summed E-state index contributed by atoms with van der Waals surface area (Å²) < 4.78 is 1.60. The zero-order chi connectivity index (χ0) is 21.4. The number of carboxylic acids is 1. The molecule has 0 aliphatic carbocycles. The number of fused-ring (bicyclic) bond motifs is 1. The van der Waals surface area contributed by atoms with Crippen molar-refractivity contribution >= 4 is 28.6 Å². The number of aromatic nitrogens is 5. The third-order valence-electron chi connectivity index (χ3n) is 4.55. The summed E-state index contributed by atoms with van der Waals surface area (Å²) in [6.45, 7) is 1.98. The van der Waals surface area contributed by atoms with Gasteiger partial charge in [0.2, 0.25) is 5.95 Å². The van der Waals surface area contributed by atoms with Crippen molar-refractivity contribution in [3.63, 3.8) is 0 Å². The van der Waals surface area contributed by atoms with E-state index in [-0.39, 0.29) is 17.2 Å². The molecular formula is C19H15N7O4. The normalized spacial score (nSPS) is 11.0. The monoisotopic (exact) mass is 405 g/mol. The topological polar surface area (TPSA) is 163 Å². The minimum absolute atomic E-state index is 0.0124. The summed E-state index contributed by atoms with van der Waals surface area (Å²) >= 11 is 0. The molecule has 3 heterocycles. The molecule has 11 nitrogen and oxygen atoms in total.